The molecule has 1 aliphatic heterocycles. The van der Waals surface area contributed by atoms with Crippen LogP contribution in [0.5, 0.6) is 0 Å². The fraction of sp³-hybridized carbons (Fsp3) is 0.381. The van der Waals surface area contributed by atoms with Gasteiger partial charge in [0, 0.05) is 10.8 Å². The molecule has 2 aromatic rings. The van der Waals surface area contributed by atoms with Gasteiger partial charge >= 0.3 is 6.09 Å². The van der Waals surface area contributed by atoms with E-state index in [2.05, 4.69) is 0 Å². The minimum Gasteiger partial charge on any atom is -0.444 e. The lowest BCUT2D eigenvalue weighted by Gasteiger charge is -2.43. The van der Waals surface area contributed by atoms with E-state index in [1.165, 1.54) is 24.3 Å². The third-order valence-electron chi connectivity index (χ3n) is 5.40. The van der Waals surface area contributed by atoms with Crippen LogP contribution in [-0.2, 0) is 11.3 Å². The van der Waals surface area contributed by atoms with Gasteiger partial charge in [0.2, 0.25) is 6.04 Å². The van der Waals surface area contributed by atoms with Crippen molar-refractivity contribution in [2.24, 2.45) is 5.92 Å². The van der Waals surface area contributed by atoms with Crippen LogP contribution in [0.2, 0.25) is 0 Å². The highest BCUT2D eigenvalue weighted by atomic mass is 19.1. The molecule has 7 nitrogen and oxygen atoms in total. The van der Waals surface area contributed by atoms with Gasteiger partial charge in [-0.05, 0) is 29.7 Å². The highest BCUT2D eigenvalue weighted by Crippen LogP contribution is 2.39. The zero-order chi connectivity index (χ0) is 21.0. The van der Waals surface area contributed by atoms with Gasteiger partial charge in [0.05, 0.1) is 12.5 Å². The summed E-state index contributed by atoms with van der Waals surface area (Å²) in [6.45, 7) is 1.50. The van der Waals surface area contributed by atoms with Crippen molar-refractivity contribution in [1.29, 1.82) is 0 Å². The molecule has 0 bridgehead atoms. The Morgan fingerprint density at radius 2 is 1.90 bits per heavy atom. The molecular weight excluding hydrogens is 379 g/mol. The first kappa shape index (κ1) is 20.7. The molecule has 0 radical (unpaired) electrons. The fourth-order valence-electron chi connectivity index (χ4n) is 3.93. The monoisotopic (exact) mass is 402 g/mol. The average Bonchev–Trinajstić information content (AvgIpc) is 2.72. The summed E-state index contributed by atoms with van der Waals surface area (Å²) in [5, 5.41) is 22.6. The normalized spacial score (nSPS) is 24.2. The molecule has 0 aromatic heterocycles. The van der Waals surface area contributed by atoms with Crippen molar-refractivity contribution in [3.63, 3.8) is 0 Å². The molecule has 1 N–H and O–H groups in total. The Kier molecular flexibility index (Phi) is 6.43. The van der Waals surface area contributed by atoms with E-state index in [1.807, 2.05) is 18.2 Å². The van der Waals surface area contributed by atoms with Crippen molar-refractivity contribution in [1.82, 2.24) is 4.90 Å². The van der Waals surface area contributed by atoms with Crippen molar-refractivity contribution in [3.8, 4) is 0 Å². The summed E-state index contributed by atoms with van der Waals surface area (Å²) in [5.74, 6) is -1.68. The SMILES string of the molecule is CC[C@H]1[C@H](c2ccc(F)cc2)[C@@H]([N+](=O)[O-])CN(C(=O)OCc2ccccc2)[C@@H]1O. The molecule has 154 valence electrons. The molecule has 1 saturated heterocycles. The van der Waals surface area contributed by atoms with E-state index in [4.69, 9.17) is 4.74 Å². The predicted molar refractivity (Wildman–Crippen MR) is 103 cm³/mol. The van der Waals surface area contributed by atoms with Crippen molar-refractivity contribution in [3.05, 3.63) is 81.7 Å². The van der Waals surface area contributed by atoms with Crippen molar-refractivity contribution >= 4 is 6.09 Å². The van der Waals surface area contributed by atoms with Gasteiger partial charge in [-0.25, -0.2) is 9.18 Å². The molecule has 0 spiro atoms. The molecule has 0 unspecified atom stereocenters. The van der Waals surface area contributed by atoms with E-state index in [-0.39, 0.29) is 13.2 Å². The Hall–Kier alpha value is -3.00. The average molecular weight is 402 g/mol. The first-order valence-electron chi connectivity index (χ1n) is 9.46. The van der Waals surface area contributed by atoms with Gasteiger partial charge in [-0.2, -0.15) is 0 Å². The van der Waals surface area contributed by atoms with Gasteiger partial charge < -0.3 is 9.84 Å². The highest BCUT2D eigenvalue weighted by Gasteiger charge is 2.50. The molecule has 1 heterocycles. The highest BCUT2D eigenvalue weighted by molar-refractivity contribution is 5.68. The summed E-state index contributed by atoms with van der Waals surface area (Å²) in [5.41, 5.74) is 1.34. The lowest BCUT2D eigenvalue weighted by molar-refractivity contribution is -0.534. The van der Waals surface area contributed by atoms with Gasteiger partial charge in [-0.15, -0.1) is 0 Å². The van der Waals surface area contributed by atoms with E-state index in [0.29, 0.717) is 12.0 Å². The number of carbonyl (C=O) groups is 1. The maximum Gasteiger partial charge on any atom is 0.412 e. The van der Waals surface area contributed by atoms with Gasteiger partial charge in [-0.3, -0.25) is 15.0 Å². The largest absolute Gasteiger partial charge is 0.444 e. The number of ether oxygens (including phenoxy) is 1. The van der Waals surface area contributed by atoms with Crippen LogP contribution in [-0.4, -0.2) is 39.8 Å². The number of aliphatic hydroxyl groups is 1. The number of aliphatic hydroxyl groups excluding tert-OH is 1. The van der Waals surface area contributed by atoms with Crippen molar-refractivity contribution < 1.29 is 24.0 Å². The minimum absolute atomic E-state index is 0.00417. The number of likely N-dealkylation sites (tertiary alicyclic amines) is 1. The summed E-state index contributed by atoms with van der Waals surface area (Å²) in [7, 11) is 0. The van der Waals surface area contributed by atoms with Crippen LogP contribution in [0.25, 0.3) is 0 Å². The van der Waals surface area contributed by atoms with E-state index in [1.54, 1.807) is 19.1 Å². The molecule has 3 rings (SSSR count). The molecule has 1 aliphatic rings. The second-order valence-corrected chi connectivity index (χ2v) is 7.11. The third kappa shape index (κ3) is 4.54. The lowest BCUT2D eigenvalue weighted by Crippen LogP contribution is -2.58. The summed E-state index contributed by atoms with van der Waals surface area (Å²) in [6.07, 6.45) is -1.64. The van der Waals surface area contributed by atoms with Crippen LogP contribution < -0.4 is 0 Å². The molecule has 8 heteroatoms. The first-order chi connectivity index (χ1) is 13.9. The van der Waals surface area contributed by atoms with Crippen LogP contribution in [0, 0.1) is 21.8 Å². The molecule has 29 heavy (non-hydrogen) atoms. The number of rotatable bonds is 5. The third-order valence-corrected chi connectivity index (χ3v) is 5.40. The second-order valence-electron chi connectivity index (χ2n) is 7.11. The topological polar surface area (TPSA) is 92.9 Å². The van der Waals surface area contributed by atoms with E-state index < -0.39 is 40.9 Å². The number of carbonyl (C=O) groups excluding carboxylic acids is 1. The van der Waals surface area contributed by atoms with Crippen LogP contribution in [0.15, 0.2) is 54.6 Å². The number of halogens is 1. The van der Waals surface area contributed by atoms with Gasteiger partial charge in [0.25, 0.3) is 0 Å². The number of nitro groups is 1. The van der Waals surface area contributed by atoms with Gasteiger partial charge in [0.15, 0.2) is 0 Å². The molecule has 0 aliphatic carbocycles. The number of amides is 1. The zero-order valence-corrected chi connectivity index (χ0v) is 16.0. The molecular formula is C21H23FN2O5. The first-order valence-corrected chi connectivity index (χ1v) is 9.46. The summed E-state index contributed by atoms with van der Waals surface area (Å²) in [6, 6.07) is 13.4. The van der Waals surface area contributed by atoms with Crippen LogP contribution >= 0.6 is 0 Å². The number of nitrogens with zero attached hydrogens (tertiary/aromatic N) is 2. The standard InChI is InChI=1S/C21H23FN2O5/c1-2-17-19(15-8-10-16(22)11-9-15)18(24(27)28)12-23(20(17)25)21(26)29-13-14-6-4-3-5-7-14/h3-11,17-20,25H,2,12-13H2,1H3/t17-,18-,19-,20+/m0/s1. The molecule has 4 atom stereocenters. The van der Waals surface area contributed by atoms with E-state index in [0.717, 1.165) is 10.5 Å². The summed E-state index contributed by atoms with van der Waals surface area (Å²) in [4.78, 5) is 24.9. The zero-order valence-electron chi connectivity index (χ0n) is 16.0. The number of piperidine rings is 1. The minimum atomic E-state index is -1.24. The fourth-order valence-corrected chi connectivity index (χ4v) is 3.93. The molecule has 0 saturated carbocycles. The van der Waals surface area contributed by atoms with Gasteiger partial charge in [-0.1, -0.05) is 49.4 Å². The van der Waals surface area contributed by atoms with Crippen LogP contribution in [0.3, 0.4) is 0 Å². The van der Waals surface area contributed by atoms with Crippen molar-refractivity contribution in [2.45, 2.75) is 38.1 Å². The lowest BCUT2D eigenvalue weighted by atomic mass is 9.75. The van der Waals surface area contributed by atoms with E-state index in [9.17, 15) is 24.4 Å². The number of benzene rings is 2. The maximum atomic E-state index is 13.3. The number of hydrogen-bond donors (Lipinski definition) is 1. The number of hydrogen-bond acceptors (Lipinski definition) is 5. The quantitative estimate of drug-likeness (QED) is 0.610. The molecule has 1 amide bonds. The maximum absolute atomic E-state index is 13.3. The Morgan fingerprint density at radius 1 is 1.24 bits per heavy atom. The Bertz CT molecular complexity index is 846. The Morgan fingerprint density at radius 3 is 2.48 bits per heavy atom. The molecule has 2 aromatic carbocycles. The predicted octanol–water partition coefficient (Wildman–Crippen LogP) is 3.55. The summed E-state index contributed by atoms with van der Waals surface area (Å²) < 4.78 is 18.6. The van der Waals surface area contributed by atoms with E-state index >= 15 is 0 Å². The smallest absolute Gasteiger partial charge is 0.412 e. The van der Waals surface area contributed by atoms with Crippen LogP contribution in [0.1, 0.15) is 30.4 Å². The summed E-state index contributed by atoms with van der Waals surface area (Å²) >= 11 is 0. The molecule has 1 fully saturated rings. The van der Waals surface area contributed by atoms with Gasteiger partial charge in [0.1, 0.15) is 18.7 Å². The Balaban J connectivity index is 1.82. The van der Waals surface area contributed by atoms with Crippen molar-refractivity contribution in [2.75, 3.05) is 6.54 Å². The Labute approximate surface area is 167 Å². The second kappa shape index (κ2) is 9.00. The van der Waals surface area contributed by atoms with Crippen LogP contribution in [0.4, 0.5) is 9.18 Å².